The Morgan fingerprint density at radius 3 is 2.56 bits per heavy atom. The van der Waals surface area contributed by atoms with Crippen LogP contribution in [0, 0.1) is 16.0 Å². The normalized spacial score (nSPS) is 13.3. The van der Waals surface area contributed by atoms with Gasteiger partial charge in [0.2, 0.25) is 0 Å². The zero-order valence-corrected chi connectivity index (χ0v) is 11.8. The number of nitro benzene ring substituents is 1. The molecular weight excluding hydrogens is 301 g/mol. The summed E-state index contributed by atoms with van der Waals surface area (Å²) in [6.07, 6.45) is 0. The number of alkyl halides is 1. The zero-order valence-electron chi connectivity index (χ0n) is 9.47. The van der Waals surface area contributed by atoms with Crippen LogP contribution < -0.4 is 0 Å². The van der Waals surface area contributed by atoms with E-state index in [0.717, 1.165) is 6.07 Å². The minimum absolute atomic E-state index is 0.147. The molecule has 18 heavy (non-hydrogen) atoms. The van der Waals surface area contributed by atoms with Crippen LogP contribution in [0.4, 0.5) is 5.69 Å². The van der Waals surface area contributed by atoms with Crippen molar-refractivity contribution in [3.63, 3.8) is 0 Å². The maximum atomic E-state index is 12.1. The van der Waals surface area contributed by atoms with E-state index in [-0.39, 0.29) is 22.6 Å². The van der Waals surface area contributed by atoms with Gasteiger partial charge >= 0.3 is 0 Å². The van der Waals surface area contributed by atoms with Gasteiger partial charge in [0.25, 0.3) is 5.69 Å². The third-order valence-corrected chi connectivity index (χ3v) is 5.23. The topological polar surface area (TPSA) is 77.3 Å². The van der Waals surface area contributed by atoms with E-state index < -0.39 is 25.3 Å². The van der Waals surface area contributed by atoms with Crippen LogP contribution in [0.15, 0.2) is 23.1 Å². The second kappa shape index (κ2) is 5.86. The predicted octanol–water partition coefficient (Wildman–Crippen LogP) is 2.90. The van der Waals surface area contributed by atoms with Crippen LogP contribution in [0.2, 0.25) is 5.02 Å². The molecule has 0 fully saturated rings. The summed E-state index contributed by atoms with van der Waals surface area (Å²) < 4.78 is 24.2. The molecule has 0 aromatic heterocycles. The zero-order chi connectivity index (χ0) is 13.9. The summed E-state index contributed by atoms with van der Waals surface area (Å²) in [5.74, 6) is -0.439. The van der Waals surface area contributed by atoms with Gasteiger partial charge in [0.15, 0.2) is 14.7 Å². The lowest BCUT2D eigenvalue weighted by Gasteiger charge is -2.10. The van der Waals surface area contributed by atoms with Crippen molar-refractivity contribution in [1.82, 2.24) is 0 Å². The van der Waals surface area contributed by atoms with Gasteiger partial charge in [0, 0.05) is 11.9 Å². The van der Waals surface area contributed by atoms with Gasteiger partial charge < -0.3 is 0 Å². The molecule has 0 aliphatic rings. The molecule has 0 N–H and O–H groups in total. The SMILES string of the molecule is CC(CCl)CS(=O)(=O)c1c(Cl)cccc1[N+](=O)[O-]. The van der Waals surface area contributed by atoms with Gasteiger partial charge in [-0.2, -0.15) is 0 Å². The van der Waals surface area contributed by atoms with Crippen LogP contribution in [0.1, 0.15) is 6.92 Å². The summed E-state index contributed by atoms with van der Waals surface area (Å²) in [4.78, 5) is 9.64. The van der Waals surface area contributed by atoms with E-state index >= 15 is 0 Å². The van der Waals surface area contributed by atoms with E-state index in [1.165, 1.54) is 12.1 Å². The lowest BCUT2D eigenvalue weighted by molar-refractivity contribution is -0.387. The van der Waals surface area contributed by atoms with Gasteiger partial charge in [0.1, 0.15) is 0 Å². The lowest BCUT2D eigenvalue weighted by atomic mass is 10.3. The van der Waals surface area contributed by atoms with Gasteiger partial charge in [-0.15, -0.1) is 11.6 Å². The fraction of sp³-hybridized carbons (Fsp3) is 0.400. The molecule has 0 amide bonds. The van der Waals surface area contributed by atoms with Crippen LogP contribution in [0.3, 0.4) is 0 Å². The maximum absolute atomic E-state index is 12.1. The van der Waals surface area contributed by atoms with Crippen LogP contribution in [0.5, 0.6) is 0 Å². The van der Waals surface area contributed by atoms with Gasteiger partial charge in [-0.25, -0.2) is 8.42 Å². The molecule has 1 atom stereocenters. The molecule has 0 radical (unpaired) electrons. The summed E-state index contributed by atoms with van der Waals surface area (Å²) in [6.45, 7) is 1.65. The molecule has 0 saturated carbocycles. The van der Waals surface area contributed by atoms with Gasteiger partial charge in [0.05, 0.1) is 15.7 Å². The Morgan fingerprint density at radius 1 is 1.44 bits per heavy atom. The number of nitrogens with zero attached hydrogens (tertiary/aromatic N) is 1. The monoisotopic (exact) mass is 311 g/mol. The summed E-state index contributed by atoms with van der Waals surface area (Å²) in [5, 5.41) is 10.7. The fourth-order valence-electron chi connectivity index (χ4n) is 1.45. The Hall–Kier alpha value is -0.850. The summed E-state index contributed by atoms with van der Waals surface area (Å²) >= 11 is 11.3. The van der Waals surface area contributed by atoms with Crippen LogP contribution in [0.25, 0.3) is 0 Å². The Kier molecular flexibility index (Phi) is 4.95. The maximum Gasteiger partial charge on any atom is 0.289 e. The molecule has 0 spiro atoms. The van der Waals surface area contributed by atoms with E-state index in [1.807, 2.05) is 0 Å². The van der Waals surface area contributed by atoms with Crippen molar-refractivity contribution in [2.45, 2.75) is 11.8 Å². The Balaban J connectivity index is 3.36. The summed E-state index contributed by atoms with van der Waals surface area (Å²) in [7, 11) is -3.84. The average molecular weight is 312 g/mol. The number of nitro groups is 1. The van der Waals surface area contributed by atoms with E-state index in [4.69, 9.17) is 23.2 Å². The molecular formula is C10H11Cl2NO4S. The van der Waals surface area contributed by atoms with Crippen molar-refractivity contribution in [2.75, 3.05) is 11.6 Å². The van der Waals surface area contributed by atoms with Crippen LogP contribution >= 0.6 is 23.2 Å². The quantitative estimate of drug-likeness (QED) is 0.476. The lowest BCUT2D eigenvalue weighted by Crippen LogP contribution is -2.16. The first-order valence-electron chi connectivity index (χ1n) is 5.01. The van der Waals surface area contributed by atoms with Crippen molar-refractivity contribution >= 4 is 38.7 Å². The van der Waals surface area contributed by atoms with Crippen LogP contribution in [-0.2, 0) is 9.84 Å². The minimum Gasteiger partial charge on any atom is -0.258 e. The summed E-state index contributed by atoms with van der Waals surface area (Å²) in [6, 6.07) is 3.77. The van der Waals surface area contributed by atoms with Gasteiger partial charge in [-0.1, -0.05) is 24.6 Å². The van der Waals surface area contributed by atoms with E-state index in [9.17, 15) is 18.5 Å². The molecule has 1 unspecified atom stereocenters. The molecule has 0 heterocycles. The molecule has 5 nitrogen and oxygen atoms in total. The smallest absolute Gasteiger partial charge is 0.258 e. The first kappa shape index (κ1) is 15.2. The largest absolute Gasteiger partial charge is 0.289 e. The Labute approximate surface area is 115 Å². The van der Waals surface area contributed by atoms with E-state index in [1.54, 1.807) is 6.92 Å². The minimum atomic E-state index is -3.84. The third kappa shape index (κ3) is 3.34. The van der Waals surface area contributed by atoms with Crippen molar-refractivity contribution in [2.24, 2.45) is 5.92 Å². The molecule has 100 valence electrons. The first-order valence-corrected chi connectivity index (χ1v) is 7.57. The van der Waals surface area contributed by atoms with Crippen molar-refractivity contribution in [1.29, 1.82) is 0 Å². The standard InChI is InChI=1S/C10H11Cl2NO4S/c1-7(5-11)6-18(16,17)10-8(12)3-2-4-9(10)13(14)15/h2-4,7H,5-6H2,1H3. The number of hydrogen-bond donors (Lipinski definition) is 0. The predicted molar refractivity (Wildman–Crippen MR) is 70.0 cm³/mol. The van der Waals surface area contributed by atoms with Crippen molar-refractivity contribution < 1.29 is 13.3 Å². The van der Waals surface area contributed by atoms with Crippen molar-refractivity contribution in [3.8, 4) is 0 Å². The van der Waals surface area contributed by atoms with Crippen molar-refractivity contribution in [3.05, 3.63) is 33.3 Å². The number of rotatable bonds is 5. The molecule has 0 aliphatic heterocycles. The number of hydrogen-bond acceptors (Lipinski definition) is 4. The third-order valence-electron chi connectivity index (χ3n) is 2.22. The molecule has 8 heteroatoms. The Bertz CT molecular complexity index is 559. The average Bonchev–Trinajstić information content (AvgIpc) is 2.27. The summed E-state index contributed by atoms with van der Waals surface area (Å²) in [5.41, 5.74) is -0.510. The molecule has 0 aliphatic carbocycles. The highest BCUT2D eigenvalue weighted by molar-refractivity contribution is 7.91. The van der Waals surface area contributed by atoms with Gasteiger partial charge in [-0.3, -0.25) is 10.1 Å². The molecule has 1 aromatic carbocycles. The highest BCUT2D eigenvalue weighted by atomic mass is 35.5. The molecule has 0 saturated heterocycles. The second-order valence-electron chi connectivity index (χ2n) is 3.89. The number of benzene rings is 1. The number of sulfone groups is 1. The van der Waals surface area contributed by atoms with Crippen LogP contribution in [-0.4, -0.2) is 25.0 Å². The highest BCUT2D eigenvalue weighted by Crippen LogP contribution is 2.32. The highest BCUT2D eigenvalue weighted by Gasteiger charge is 2.29. The van der Waals surface area contributed by atoms with Gasteiger partial charge in [-0.05, 0) is 12.0 Å². The molecule has 1 aromatic rings. The Morgan fingerprint density at radius 2 is 2.06 bits per heavy atom. The molecule has 0 bridgehead atoms. The molecule has 1 rings (SSSR count). The second-order valence-corrected chi connectivity index (χ2v) is 6.57. The number of halogens is 2. The van der Waals surface area contributed by atoms with E-state index in [0.29, 0.717) is 0 Å². The van der Waals surface area contributed by atoms with E-state index in [2.05, 4.69) is 0 Å². The fourth-order valence-corrected chi connectivity index (χ4v) is 4.07. The first-order chi connectivity index (χ1) is 8.29.